The maximum absolute atomic E-state index is 12.7. The van der Waals surface area contributed by atoms with Crippen molar-refractivity contribution in [3.63, 3.8) is 0 Å². The SMILES string of the molecule is COc1ccc(C(=O)Nc2ccccc2-c2nc3ccccc3s2)cc1Cl. The van der Waals surface area contributed by atoms with Gasteiger partial charge in [0.25, 0.3) is 5.91 Å². The van der Waals surface area contributed by atoms with Gasteiger partial charge < -0.3 is 10.1 Å². The second kappa shape index (κ2) is 7.39. The summed E-state index contributed by atoms with van der Waals surface area (Å²) < 4.78 is 6.24. The van der Waals surface area contributed by atoms with E-state index in [1.807, 2.05) is 48.5 Å². The van der Waals surface area contributed by atoms with Gasteiger partial charge in [-0.25, -0.2) is 4.98 Å². The molecule has 1 N–H and O–H groups in total. The maximum Gasteiger partial charge on any atom is 0.255 e. The number of hydrogen-bond donors (Lipinski definition) is 1. The lowest BCUT2D eigenvalue weighted by Crippen LogP contribution is -2.12. The quantitative estimate of drug-likeness (QED) is 0.470. The second-order valence-electron chi connectivity index (χ2n) is 5.84. The van der Waals surface area contributed by atoms with Crippen molar-refractivity contribution in [3.8, 4) is 16.3 Å². The first kappa shape index (κ1) is 17.5. The van der Waals surface area contributed by atoms with Crippen molar-refractivity contribution in [2.24, 2.45) is 0 Å². The van der Waals surface area contributed by atoms with Crippen molar-refractivity contribution in [1.29, 1.82) is 0 Å². The van der Waals surface area contributed by atoms with E-state index in [1.54, 1.807) is 29.5 Å². The zero-order valence-electron chi connectivity index (χ0n) is 14.4. The van der Waals surface area contributed by atoms with Crippen molar-refractivity contribution in [2.75, 3.05) is 12.4 Å². The van der Waals surface area contributed by atoms with Gasteiger partial charge in [-0.2, -0.15) is 0 Å². The summed E-state index contributed by atoms with van der Waals surface area (Å²) in [4.78, 5) is 17.4. The number of nitrogens with zero attached hydrogens (tertiary/aromatic N) is 1. The summed E-state index contributed by atoms with van der Waals surface area (Å²) in [5.74, 6) is 0.288. The van der Waals surface area contributed by atoms with Gasteiger partial charge in [0, 0.05) is 11.1 Å². The molecule has 4 nitrogen and oxygen atoms in total. The zero-order valence-corrected chi connectivity index (χ0v) is 16.0. The normalized spacial score (nSPS) is 10.7. The van der Waals surface area contributed by atoms with Crippen molar-refractivity contribution in [3.05, 3.63) is 77.3 Å². The fourth-order valence-corrected chi connectivity index (χ4v) is 4.03. The third-order valence-electron chi connectivity index (χ3n) is 4.11. The van der Waals surface area contributed by atoms with E-state index in [4.69, 9.17) is 21.3 Å². The van der Waals surface area contributed by atoms with Crippen molar-refractivity contribution < 1.29 is 9.53 Å². The molecule has 0 saturated carbocycles. The molecule has 4 rings (SSSR count). The Hall–Kier alpha value is -2.89. The lowest BCUT2D eigenvalue weighted by Gasteiger charge is -2.10. The number of para-hydroxylation sites is 2. The van der Waals surface area contributed by atoms with E-state index in [0.717, 1.165) is 20.8 Å². The van der Waals surface area contributed by atoms with Gasteiger partial charge in [-0.1, -0.05) is 35.9 Å². The molecule has 4 aromatic rings. The highest BCUT2D eigenvalue weighted by Gasteiger charge is 2.14. The molecule has 0 unspecified atom stereocenters. The fourth-order valence-electron chi connectivity index (χ4n) is 2.77. The van der Waals surface area contributed by atoms with Crippen LogP contribution in [0.1, 0.15) is 10.4 Å². The number of hydrogen-bond acceptors (Lipinski definition) is 4. The number of ether oxygens (including phenoxy) is 1. The standard InChI is InChI=1S/C21H15ClN2O2S/c1-26-18-11-10-13(12-15(18)22)20(25)23-16-7-3-2-6-14(16)21-24-17-8-4-5-9-19(17)27-21/h2-12H,1H3,(H,23,25). The Balaban J connectivity index is 1.67. The number of halogens is 1. The largest absolute Gasteiger partial charge is 0.495 e. The molecule has 134 valence electrons. The molecule has 3 aromatic carbocycles. The average Bonchev–Trinajstić information content (AvgIpc) is 3.12. The van der Waals surface area contributed by atoms with Crippen LogP contribution in [-0.4, -0.2) is 18.0 Å². The Bertz CT molecular complexity index is 1110. The monoisotopic (exact) mass is 394 g/mol. The summed E-state index contributed by atoms with van der Waals surface area (Å²) in [6, 6.07) is 20.6. The number of benzene rings is 3. The summed E-state index contributed by atoms with van der Waals surface area (Å²) in [5, 5.41) is 4.22. The number of anilines is 1. The minimum atomic E-state index is -0.242. The summed E-state index contributed by atoms with van der Waals surface area (Å²) in [6.45, 7) is 0. The van der Waals surface area contributed by atoms with Crippen LogP contribution in [0.4, 0.5) is 5.69 Å². The number of rotatable bonds is 4. The van der Waals surface area contributed by atoms with Gasteiger partial charge in [-0.05, 0) is 42.5 Å². The van der Waals surface area contributed by atoms with E-state index in [2.05, 4.69) is 5.32 Å². The maximum atomic E-state index is 12.7. The average molecular weight is 395 g/mol. The highest BCUT2D eigenvalue weighted by molar-refractivity contribution is 7.21. The number of carbonyl (C=O) groups excluding carboxylic acids is 1. The number of fused-ring (bicyclic) bond motifs is 1. The fraction of sp³-hybridized carbons (Fsp3) is 0.0476. The molecule has 0 aliphatic heterocycles. The minimum Gasteiger partial charge on any atom is -0.495 e. The Morgan fingerprint density at radius 1 is 1.07 bits per heavy atom. The summed E-state index contributed by atoms with van der Waals surface area (Å²) >= 11 is 7.73. The first-order valence-electron chi connectivity index (χ1n) is 8.25. The lowest BCUT2D eigenvalue weighted by molar-refractivity contribution is 0.102. The van der Waals surface area contributed by atoms with Crippen LogP contribution >= 0.6 is 22.9 Å². The van der Waals surface area contributed by atoms with Crippen molar-refractivity contribution in [2.45, 2.75) is 0 Å². The van der Waals surface area contributed by atoms with Crippen LogP contribution in [0.25, 0.3) is 20.8 Å². The van der Waals surface area contributed by atoms with E-state index < -0.39 is 0 Å². The molecule has 1 aromatic heterocycles. The van der Waals surface area contributed by atoms with Gasteiger partial charge in [0.1, 0.15) is 10.8 Å². The van der Waals surface area contributed by atoms with E-state index in [9.17, 15) is 4.79 Å². The van der Waals surface area contributed by atoms with Gasteiger partial charge in [0.2, 0.25) is 0 Å². The van der Waals surface area contributed by atoms with Crippen molar-refractivity contribution in [1.82, 2.24) is 4.98 Å². The number of aromatic nitrogens is 1. The molecule has 0 spiro atoms. The molecule has 0 atom stereocenters. The highest BCUT2D eigenvalue weighted by Crippen LogP contribution is 2.34. The number of methoxy groups -OCH3 is 1. The molecule has 0 radical (unpaired) electrons. The molecule has 6 heteroatoms. The third kappa shape index (κ3) is 3.52. The van der Waals surface area contributed by atoms with Crippen LogP contribution < -0.4 is 10.1 Å². The van der Waals surface area contributed by atoms with E-state index in [0.29, 0.717) is 22.0 Å². The van der Waals surface area contributed by atoms with E-state index in [1.165, 1.54) is 7.11 Å². The Kier molecular flexibility index (Phi) is 4.79. The van der Waals surface area contributed by atoms with Crippen LogP contribution in [0.3, 0.4) is 0 Å². The van der Waals surface area contributed by atoms with Crippen LogP contribution in [0.2, 0.25) is 5.02 Å². The van der Waals surface area contributed by atoms with E-state index >= 15 is 0 Å². The number of amides is 1. The summed E-state index contributed by atoms with van der Waals surface area (Å²) in [5.41, 5.74) is 2.99. The predicted molar refractivity (Wildman–Crippen MR) is 111 cm³/mol. The minimum absolute atomic E-state index is 0.242. The molecular formula is C21H15ClN2O2S. The first-order valence-corrected chi connectivity index (χ1v) is 9.45. The van der Waals surface area contributed by atoms with Crippen LogP contribution in [0, 0.1) is 0 Å². The number of nitrogens with one attached hydrogen (secondary N) is 1. The van der Waals surface area contributed by atoms with Gasteiger partial charge in [-0.3, -0.25) is 4.79 Å². The highest BCUT2D eigenvalue weighted by atomic mass is 35.5. The second-order valence-corrected chi connectivity index (χ2v) is 7.27. The first-order chi connectivity index (χ1) is 13.2. The molecule has 0 fully saturated rings. The van der Waals surface area contributed by atoms with Crippen LogP contribution in [0.5, 0.6) is 5.75 Å². The molecule has 0 bridgehead atoms. The van der Waals surface area contributed by atoms with Gasteiger partial charge >= 0.3 is 0 Å². The van der Waals surface area contributed by atoms with Gasteiger partial charge in [-0.15, -0.1) is 11.3 Å². The van der Waals surface area contributed by atoms with Crippen LogP contribution in [-0.2, 0) is 0 Å². The van der Waals surface area contributed by atoms with Crippen LogP contribution in [0.15, 0.2) is 66.7 Å². The summed E-state index contributed by atoms with van der Waals surface area (Å²) in [7, 11) is 1.54. The van der Waals surface area contributed by atoms with Gasteiger partial charge in [0.15, 0.2) is 0 Å². The number of carbonyl (C=O) groups is 1. The van der Waals surface area contributed by atoms with Gasteiger partial charge in [0.05, 0.1) is 28.0 Å². The van der Waals surface area contributed by atoms with E-state index in [-0.39, 0.29) is 5.91 Å². The molecule has 1 heterocycles. The Labute approximate surface area is 165 Å². The molecule has 0 aliphatic rings. The third-order valence-corrected chi connectivity index (χ3v) is 5.48. The topological polar surface area (TPSA) is 51.2 Å². The molecular weight excluding hydrogens is 380 g/mol. The summed E-state index contributed by atoms with van der Waals surface area (Å²) in [6.07, 6.45) is 0. The Morgan fingerprint density at radius 2 is 1.85 bits per heavy atom. The Morgan fingerprint density at radius 3 is 2.63 bits per heavy atom. The molecule has 27 heavy (non-hydrogen) atoms. The molecule has 1 amide bonds. The lowest BCUT2D eigenvalue weighted by atomic mass is 10.1. The molecule has 0 saturated heterocycles. The smallest absolute Gasteiger partial charge is 0.255 e. The zero-order chi connectivity index (χ0) is 18.8. The molecule has 0 aliphatic carbocycles. The number of thiazole rings is 1. The predicted octanol–water partition coefficient (Wildman–Crippen LogP) is 5.88. The van der Waals surface area contributed by atoms with Crippen molar-refractivity contribution >= 4 is 44.7 Å².